The van der Waals surface area contributed by atoms with Crippen LogP contribution in [-0.4, -0.2) is 23.1 Å². The van der Waals surface area contributed by atoms with Gasteiger partial charge in [0.25, 0.3) is 0 Å². The lowest BCUT2D eigenvalue weighted by Gasteiger charge is -2.21. The number of aliphatic carboxylic acids is 1. The maximum Gasteiger partial charge on any atom is 0.328 e. The highest BCUT2D eigenvalue weighted by Crippen LogP contribution is 2.25. The van der Waals surface area contributed by atoms with Gasteiger partial charge >= 0.3 is 5.97 Å². The first-order valence-corrected chi connectivity index (χ1v) is 6.37. The average molecular weight is 286 g/mol. The molecule has 2 aromatic rings. The van der Waals surface area contributed by atoms with Crippen LogP contribution in [0, 0.1) is 5.82 Å². The monoisotopic (exact) mass is 286 g/mol. The third-order valence-corrected chi connectivity index (χ3v) is 2.98. The van der Waals surface area contributed by atoms with E-state index in [4.69, 9.17) is 5.11 Å². The quantitative estimate of drug-likeness (QED) is 0.859. The van der Waals surface area contributed by atoms with E-state index >= 15 is 0 Å². The molecule has 108 valence electrons. The summed E-state index contributed by atoms with van der Waals surface area (Å²) in [4.78, 5) is 16.5. The molecular weight excluding hydrogens is 271 g/mol. The second-order valence-electron chi connectivity index (χ2n) is 4.56. The molecule has 4 nitrogen and oxygen atoms in total. The van der Waals surface area contributed by atoms with Gasteiger partial charge in [-0.15, -0.1) is 0 Å². The van der Waals surface area contributed by atoms with Gasteiger partial charge in [-0.3, -0.25) is 4.98 Å². The second-order valence-corrected chi connectivity index (χ2v) is 4.56. The Hall–Kier alpha value is -2.69. The molecule has 0 unspecified atom stereocenters. The number of carbonyl (C=O) groups is 1. The summed E-state index contributed by atoms with van der Waals surface area (Å²) in [6.45, 7) is 0.547. The predicted molar refractivity (Wildman–Crippen MR) is 79.4 cm³/mol. The number of benzene rings is 1. The molecule has 5 heteroatoms. The van der Waals surface area contributed by atoms with Crippen molar-refractivity contribution in [1.29, 1.82) is 0 Å². The fourth-order valence-electron chi connectivity index (χ4n) is 2.03. The van der Waals surface area contributed by atoms with Gasteiger partial charge in [-0.1, -0.05) is 12.1 Å². The molecule has 0 saturated heterocycles. The lowest BCUT2D eigenvalue weighted by atomic mass is 10.1. The number of anilines is 1. The summed E-state index contributed by atoms with van der Waals surface area (Å²) in [5.41, 5.74) is 1.86. The molecule has 0 aliphatic carbocycles. The molecule has 2 rings (SSSR count). The molecule has 0 fully saturated rings. The number of carboxylic acids is 1. The minimum absolute atomic E-state index is 0.256. The summed E-state index contributed by atoms with van der Waals surface area (Å²) in [5, 5.41) is 8.70. The Morgan fingerprint density at radius 2 is 2.19 bits per heavy atom. The zero-order valence-corrected chi connectivity index (χ0v) is 11.5. The number of hydrogen-bond donors (Lipinski definition) is 1. The molecule has 1 heterocycles. The van der Waals surface area contributed by atoms with Gasteiger partial charge in [0, 0.05) is 43.3 Å². The van der Waals surface area contributed by atoms with Crippen molar-refractivity contribution in [2.24, 2.45) is 0 Å². The van der Waals surface area contributed by atoms with E-state index in [-0.39, 0.29) is 5.56 Å². The van der Waals surface area contributed by atoms with Crippen molar-refractivity contribution in [2.75, 3.05) is 11.9 Å². The maximum absolute atomic E-state index is 13.9. The van der Waals surface area contributed by atoms with Gasteiger partial charge in [-0.25, -0.2) is 9.18 Å². The van der Waals surface area contributed by atoms with Crippen LogP contribution in [-0.2, 0) is 11.3 Å². The molecule has 0 saturated carbocycles. The zero-order chi connectivity index (χ0) is 15.2. The molecule has 1 N–H and O–H groups in total. The van der Waals surface area contributed by atoms with E-state index in [0.29, 0.717) is 12.2 Å². The summed E-state index contributed by atoms with van der Waals surface area (Å²) in [5.74, 6) is -1.57. The van der Waals surface area contributed by atoms with Crippen LogP contribution in [0.2, 0.25) is 0 Å². The Bertz CT molecular complexity index is 657. The lowest BCUT2D eigenvalue weighted by molar-refractivity contribution is -0.131. The van der Waals surface area contributed by atoms with E-state index in [1.165, 1.54) is 12.1 Å². The van der Waals surface area contributed by atoms with E-state index in [1.54, 1.807) is 24.5 Å². The highest BCUT2D eigenvalue weighted by molar-refractivity contribution is 5.87. The fourth-order valence-corrected chi connectivity index (χ4v) is 2.03. The van der Waals surface area contributed by atoms with E-state index in [1.807, 2.05) is 24.1 Å². The first-order chi connectivity index (χ1) is 10.1. The van der Waals surface area contributed by atoms with E-state index in [0.717, 1.165) is 11.6 Å². The minimum Gasteiger partial charge on any atom is -0.478 e. The molecular formula is C16H15FN2O2. The normalized spacial score (nSPS) is 10.8. The first kappa shape index (κ1) is 14.7. The van der Waals surface area contributed by atoms with Crippen LogP contribution >= 0.6 is 0 Å². The van der Waals surface area contributed by atoms with Crippen molar-refractivity contribution in [1.82, 2.24) is 4.98 Å². The molecule has 0 aliphatic rings. The van der Waals surface area contributed by atoms with Crippen molar-refractivity contribution in [2.45, 2.75) is 6.54 Å². The molecule has 0 spiro atoms. The van der Waals surface area contributed by atoms with Crippen molar-refractivity contribution in [3.8, 4) is 0 Å². The number of aromatic nitrogens is 1. The van der Waals surface area contributed by atoms with Gasteiger partial charge in [-0.2, -0.15) is 0 Å². The third kappa shape index (κ3) is 3.89. The van der Waals surface area contributed by atoms with Gasteiger partial charge in [0.1, 0.15) is 5.82 Å². The van der Waals surface area contributed by atoms with Crippen molar-refractivity contribution in [3.05, 3.63) is 65.7 Å². The number of hydrogen-bond acceptors (Lipinski definition) is 3. The highest BCUT2D eigenvalue weighted by atomic mass is 19.1. The van der Waals surface area contributed by atoms with E-state index in [9.17, 15) is 9.18 Å². The van der Waals surface area contributed by atoms with Crippen LogP contribution in [0.15, 0.2) is 48.8 Å². The van der Waals surface area contributed by atoms with E-state index < -0.39 is 11.8 Å². The summed E-state index contributed by atoms with van der Waals surface area (Å²) in [6, 6.07) is 8.42. The van der Waals surface area contributed by atoms with Crippen molar-refractivity contribution in [3.63, 3.8) is 0 Å². The highest BCUT2D eigenvalue weighted by Gasteiger charge is 2.10. The average Bonchev–Trinajstić information content (AvgIpc) is 2.46. The zero-order valence-electron chi connectivity index (χ0n) is 11.5. The van der Waals surface area contributed by atoms with E-state index in [2.05, 4.69) is 4.98 Å². The summed E-state index contributed by atoms with van der Waals surface area (Å²) >= 11 is 0. The Kier molecular flexibility index (Phi) is 4.66. The first-order valence-electron chi connectivity index (χ1n) is 6.37. The van der Waals surface area contributed by atoms with Crippen LogP contribution in [0.1, 0.15) is 11.1 Å². The number of nitrogens with zero attached hydrogens (tertiary/aromatic N) is 2. The van der Waals surface area contributed by atoms with Crippen molar-refractivity contribution < 1.29 is 14.3 Å². The molecule has 0 aliphatic heterocycles. The summed E-state index contributed by atoms with van der Waals surface area (Å²) < 4.78 is 13.9. The smallest absolute Gasteiger partial charge is 0.328 e. The van der Waals surface area contributed by atoms with Crippen LogP contribution in [0.5, 0.6) is 0 Å². The van der Waals surface area contributed by atoms with Crippen LogP contribution in [0.4, 0.5) is 10.1 Å². The van der Waals surface area contributed by atoms with Crippen LogP contribution < -0.4 is 4.90 Å². The number of carboxylic acid groups (broad SMARTS) is 1. The van der Waals surface area contributed by atoms with Crippen LogP contribution in [0.3, 0.4) is 0 Å². The Balaban J connectivity index is 2.30. The number of rotatable bonds is 5. The minimum atomic E-state index is -1.11. The fraction of sp³-hybridized carbons (Fsp3) is 0.125. The van der Waals surface area contributed by atoms with Gasteiger partial charge in [-0.05, 0) is 29.8 Å². The maximum atomic E-state index is 13.9. The Morgan fingerprint density at radius 1 is 1.38 bits per heavy atom. The topological polar surface area (TPSA) is 53.4 Å². The molecule has 1 aromatic heterocycles. The van der Waals surface area contributed by atoms with Crippen molar-refractivity contribution >= 4 is 17.7 Å². The lowest BCUT2D eigenvalue weighted by Crippen LogP contribution is -2.18. The third-order valence-electron chi connectivity index (χ3n) is 2.98. The summed E-state index contributed by atoms with van der Waals surface area (Å²) in [7, 11) is 1.82. The molecule has 0 atom stereocenters. The Labute approximate surface area is 122 Å². The van der Waals surface area contributed by atoms with Gasteiger partial charge < -0.3 is 10.0 Å². The molecule has 0 radical (unpaired) electrons. The van der Waals surface area contributed by atoms with Gasteiger partial charge in [0.15, 0.2) is 0 Å². The molecule has 1 aromatic carbocycles. The Morgan fingerprint density at radius 3 is 2.86 bits per heavy atom. The molecule has 0 amide bonds. The largest absolute Gasteiger partial charge is 0.478 e. The SMILES string of the molecule is CN(Cc1cccnc1)c1cccc(F)c1/C=C/C(=O)O. The molecule has 0 bridgehead atoms. The van der Waals surface area contributed by atoms with Gasteiger partial charge in [0.05, 0.1) is 0 Å². The van der Waals surface area contributed by atoms with Gasteiger partial charge in [0.2, 0.25) is 0 Å². The van der Waals surface area contributed by atoms with Crippen LogP contribution in [0.25, 0.3) is 6.08 Å². The number of halogens is 1. The second kappa shape index (κ2) is 6.65. The summed E-state index contributed by atoms with van der Waals surface area (Å²) in [6.07, 6.45) is 5.63. The standard InChI is InChI=1S/C16H15FN2O2/c1-19(11-12-4-3-9-18-10-12)15-6-2-5-14(17)13(15)7-8-16(20)21/h2-10H,11H2,1H3,(H,20,21)/b8-7+. The molecule has 21 heavy (non-hydrogen) atoms. The predicted octanol–water partition coefficient (Wildman–Crippen LogP) is 2.95. The number of pyridine rings is 1.